The van der Waals surface area contributed by atoms with Gasteiger partial charge in [0.25, 0.3) is 0 Å². The molecule has 20 heavy (non-hydrogen) atoms. The second-order valence-electron chi connectivity index (χ2n) is 4.19. The first kappa shape index (κ1) is 13.9. The Morgan fingerprint density at radius 2 is 1.70 bits per heavy atom. The third-order valence-corrected chi connectivity index (χ3v) is 2.98. The minimum atomic E-state index is 0.507. The van der Waals surface area contributed by atoms with Gasteiger partial charge in [-0.3, -0.25) is 4.79 Å². The number of hydrogen-bond donors (Lipinski definition) is 0. The van der Waals surface area contributed by atoms with E-state index in [2.05, 4.69) is 0 Å². The second kappa shape index (κ2) is 6.57. The van der Waals surface area contributed by atoms with Crippen LogP contribution in [-0.4, -0.2) is 20.5 Å². The molecule has 0 aliphatic heterocycles. The summed E-state index contributed by atoms with van der Waals surface area (Å²) in [4.78, 5) is 11.3. The van der Waals surface area contributed by atoms with Crippen molar-refractivity contribution in [3.63, 3.8) is 0 Å². The van der Waals surface area contributed by atoms with Crippen molar-refractivity contribution < 1.29 is 14.3 Å². The van der Waals surface area contributed by atoms with Crippen LogP contribution in [0.5, 0.6) is 11.5 Å². The molecule has 0 amide bonds. The lowest BCUT2D eigenvalue weighted by atomic mass is 10.0. The Morgan fingerprint density at radius 1 is 0.950 bits per heavy atom. The summed E-state index contributed by atoms with van der Waals surface area (Å²) in [7, 11) is 3.12. The lowest BCUT2D eigenvalue weighted by molar-refractivity contribution is 0.112. The smallest absolute Gasteiger partial charge is 0.154 e. The molecule has 2 rings (SSSR count). The molecule has 3 heteroatoms. The van der Waals surface area contributed by atoms with Gasteiger partial charge in [-0.25, -0.2) is 0 Å². The van der Waals surface area contributed by atoms with Crippen LogP contribution in [0.25, 0.3) is 12.2 Å². The van der Waals surface area contributed by atoms with Gasteiger partial charge in [-0.15, -0.1) is 0 Å². The standard InChI is InChI=1S/C17H16O3/c1-19-15-10-14(16(12-18)17(11-15)20-2)9-8-13-6-4-3-5-7-13/h3-12H,1-2H3/b9-8+. The van der Waals surface area contributed by atoms with Crippen molar-refractivity contribution in [2.75, 3.05) is 14.2 Å². The molecule has 2 aromatic rings. The van der Waals surface area contributed by atoms with Gasteiger partial charge >= 0.3 is 0 Å². The zero-order valence-corrected chi connectivity index (χ0v) is 11.5. The topological polar surface area (TPSA) is 35.5 Å². The van der Waals surface area contributed by atoms with Crippen LogP contribution in [0.2, 0.25) is 0 Å². The van der Waals surface area contributed by atoms with Crippen LogP contribution >= 0.6 is 0 Å². The van der Waals surface area contributed by atoms with E-state index in [-0.39, 0.29) is 0 Å². The number of carbonyl (C=O) groups excluding carboxylic acids is 1. The molecular weight excluding hydrogens is 252 g/mol. The maximum Gasteiger partial charge on any atom is 0.154 e. The van der Waals surface area contributed by atoms with Gasteiger partial charge in [-0.1, -0.05) is 42.5 Å². The summed E-state index contributed by atoms with van der Waals surface area (Å²) in [5.41, 5.74) is 2.34. The summed E-state index contributed by atoms with van der Waals surface area (Å²) in [6, 6.07) is 13.4. The van der Waals surface area contributed by atoms with Gasteiger partial charge in [0.2, 0.25) is 0 Å². The molecule has 0 bridgehead atoms. The lowest BCUT2D eigenvalue weighted by Gasteiger charge is -2.09. The highest BCUT2D eigenvalue weighted by atomic mass is 16.5. The molecule has 102 valence electrons. The van der Waals surface area contributed by atoms with E-state index in [0.29, 0.717) is 17.1 Å². The van der Waals surface area contributed by atoms with Crippen molar-refractivity contribution in [1.82, 2.24) is 0 Å². The van der Waals surface area contributed by atoms with Crippen LogP contribution in [-0.2, 0) is 0 Å². The Kier molecular flexibility index (Phi) is 4.56. The van der Waals surface area contributed by atoms with Crippen molar-refractivity contribution in [2.45, 2.75) is 0 Å². The van der Waals surface area contributed by atoms with Crippen LogP contribution in [0.4, 0.5) is 0 Å². The largest absolute Gasteiger partial charge is 0.497 e. The predicted molar refractivity (Wildman–Crippen MR) is 80.3 cm³/mol. The first-order valence-corrected chi connectivity index (χ1v) is 6.23. The molecule has 0 aliphatic carbocycles. The van der Waals surface area contributed by atoms with Gasteiger partial charge in [0, 0.05) is 6.07 Å². The summed E-state index contributed by atoms with van der Waals surface area (Å²) >= 11 is 0. The van der Waals surface area contributed by atoms with E-state index in [0.717, 1.165) is 17.4 Å². The third-order valence-electron chi connectivity index (χ3n) is 2.98. The average Bonchev–Trinajstić information content (AvgIpc) is 2.52. The Labute approximate surface area is 118 Å². The van der Waals surface area contributed by atoms with Gasteiger partial charge < -0.3 is 9.47 Å². The van der Waals surface area contributed by atoms with Gasteiger partial charge in [-0.05, 0) is 17.2 Å². The molecule has 0 unspecified atom stereocenters. The van der Waals surface area contributed by atoms with E-state index in [4.69, 9.17) is 9.47 Å². The highest BCUT2D eigenvalue weighted by Crippen LogP contribution is 2.28. The summed E-state index contributed by atoms with van der Waals surface area (Å²) in [6.45, 7) is 0. The number of ether oxygens (including phenoxy) is 2. The number of carbonyl (C=O) groups is 1. The Morgan fingerprint density at radius 3 is 2.30 bits per heavy atom. The molecule has 0 atom stereocenters. The molecule has 0 spiro atoms. The molecule has 0 aromatic heterocycles. The predicted octanol–water partition coefficient (Wildman–Crippen LogP) is 3.69. The van der Waals surface area contributed by atoms with Crippen LogP contribution in [0.15, 0.2) is 42.5 Å². The Hall–Kier alpha value is -2.55. The van der Waals surface area contributed by atoms with Gasteiger partial charge in [0.15, 0.2) is 6.29 Å². The number of aldehydes is 1. The van der Waals surface area contributed by atoms with E-state index in [1.807, 2.05) is 48.6 Å². The Bertz CT molecular complexity index is 616. The fraction of sp³-hybridized carbons (Fsp3) is 0.118. The third kappa shape index (κ3) is 3.06. The summed E-state index contributed by atoms with van der Waals surface area (Å²) in [6.07, 6.45) is 4.62. The maximum absolute atomic E-state index is 11.3. The van der Waals surface area contributed by atoms with Gasteiger partial charge in [0.1, 0.15) is 11.5 Å². The minimum Gasteiger partial charge on any atom is -0.497 e. The highest BCUT2D eigenvalue weighted by molar-refractivity contribution is 5.88. The van der Waals surface area contributed by atoms with E-state index in [1.165, 1.54) is 7.11 Å². The van der Waals surface area contributed by atoms with Crippen LogP contribution in [0, 0.1) is 0 Å². The Balaban J connectivity index is 2.44. The first-order valence-electron chi connectivity index (χ1n) is 6.23. The molecule has 2 aromatic carbocycles. The fourth-order valence-corrected chi connectivity index (χ4v) is 1.92. The molecular formula is C17H16O3. The molecule has 0 aliphatic rings. The van der Waals surface area contributed by atoms with E-state index < -0.39 is 0 Å². The van der Waals surface area contributed by atoms with Gasteiger partial charge in [-0.2, -0.15) is 0 Å². The second-order valence-corrected chi connectivity index (χ2v) is 4.19. The van der Waals surface area contributed by atoms with E-state index in [1.54, 1.807) is 13.2 Å². The minimum absolute atomic E-state index is 0.507. The lowest BCUT2D eigenvalue weighted by Crippen LogP contribution is -1.95. The molecule has 0 fully saturated rings. The summed E-state index contributed by atoms with van der Waals surface area (Å²) < 4.78 is 10.4. The SMILES string of the molecule is COc1cc(/C=C/c2ccccc2)c(C=O)c(OC)c1. The normalized spacial score (nSPS) is 10.5. The van der Waals surface area contributed by atoms with Crippen molar-refractivity contribution >= 4 is 18.4 Å². The number of benzene rings is 2. The molecule has 0 saturated carbocycles. The highest BCUT2D eigenvalue weighted by Gasteiger charge is 2.09. The zero-order chi connectivity index (χ0) is 14.4. The molecule has 0 radical (unpaired) electrons. The van der Waals surface area contributed by atoms with E-state index in [9.17, 15) is 4.79 Å². The van der Waals surface area contributed by atoms with Crippen molar-refractivity contribution in [3.05, 3.63) is 59.2 Å². The number of rotatable bonds is 5. The average molecular weight is 268 g/mol. The fourth-order valence-electron chi connectivity index (χ4n) is 1.92. The molecule has 0 N–H and O–H groups in total. The molecule has 0 saturated heterocycles. The van der Waals surface area contributed by atoms with E-state index >= 15 is 0 Å². The monoisotopic (exact) mass is 268 g/mol. The van der Waals surface area contributed by atoms with Gasteiger partial charge in [0.05, 0.1) is 19.8 Å². The zero-order valence-electron chi connectivity index (χ0n) is 11.5. The van der Waals surface area contributed by atoms with Crippen LogP contribution in [0.3, 0.4) is 0 Å². The number of methoxy groups -OCH3 is 2. The van der Waals surface area contributed by atoms with Crippen molar-refractivity contribution in [1.29, 1.82) is 0 Å². The first-order chi connectivity index (χ1) is 9.78. The van der Waals surface area contributed by atoms with Crippen LogP contribution < -0.4 is 9.47 Å². The quantitative estimate of drug-likeness (QED) is 0.613. The molecule has 3 nitrogen and oxygen atoms in total. The summed E-state index contributed by atoms with van der Waals surface area (Å²) in [5, 5.41) is 0. The van der Waals surface area contributed by atoms with Crippen LogP contribution in [0.1, 0.15) is 21.5 Å². The van der Waals surface area contributed by atoms with Crippen molar-refractivity contribution in [2.24, 2.45) is 0 Å². The van der Waals surface area contributed by atoms with Crippen molar-refractivity contribution in [3.8, 4) is 11.5 Å². The maximum atomic E-state index is 11.3. The number of hydrogen-bond acceptors (Lipinski definition) is 3. The summed E-state index contributed by atoms with van der Waals surface area (Å²) in [5.74, 6) is 1.16. The molecule has 0 heterocycles.